The lowest BCUT2D eigenvalue weighted by Gasteiger charge is -2.06. The third kappa shape index (κ3) is 2.64. The largest absolute Gasteiger partial charge is 0.433 e. The van der Waals surface area contributed by atoms with E-state index < -0.39 is 11.9 Å². The second kappa shape index (κ2) is 5.32. The second-order valence-corrected chi connectivity index (χ2v) is 5.81. The predicted molar refractivity (Wildman–Crippen MR) is 86.6 cm³/mol. The number of hydrogen-bond donors (Lipinski definition) is 1. The first kappa shape index (κ1) is 15.6. The van der Waals surface area contributed by atoms with Crippen molar-refractivity contribution in [3.63, 3.8) is 0 Å². The Bertz CT molecular complexity index is 1180. The minimum Gasteiger partial charge on any atom is -0.306 e. The summed E-state index contributed by atoms with van der Waals surface area (Å²) in [5, 5.41) is 5.04. The summed E-state index contributed by atoms with van der Waals surface area (Å²) in [6, 6.07) is 8.59. The van der Waals surface area contributed by atoms with Gasteiger partial charge < -0.3 is 4.98 Å². The van der Waals surface area contributed by atoms with Crippen molar-refractivity contribution in [1.82, 2.24) is 19.6 Å². The van der Waals surface area contributed by atoms with Gasteiger partial charge in [-0.1, -0.05) is 11.6 Å². The average molecular weight is 365 g/mol. The molecule has 4 aromatic rings. The molecule has 25 heavy (non-hydrogen) atoms. The van der Waals surface area contributed by atoms with E-state index in [1.165, 1.54) is 22.7 Å². The third-order valence-electron chi connectivity index (χ3n) is 3.73. The summed E-state index contributed by atoms with van der Waals surface area (Å²) in [4.78, 5) is 18.1. The molecule has 0 radical (unpaired) electrons. The second-order valence-electron chi connectivity index (χ2n) is 5.37. The van der Waals surface area contributed by atoms with Crippen LogP contribution in [0, 0.1) is 0 Å². The summed E-state index contributed by atoms with van der Waals surface area (Å²) < 4.78 is 40.0. The molecule has 3 heterocycles. The van der Waals surface area contributed by atoms with E-state index in [9.17, 15) is 18.0 Å². The molecule has 0 atom stereocenters. The van der Waals surface area contributed by atoms with Crippen molar-refractivity contribution in [2.24, 2.45) is 0 Å². The fourth-order valence-corrected chi connectivity index (χ4v) is 2.77. The first-order valence-corrected chi connectivity index (χ1v) is 7.46. The van der Waals surface area contributed by atoms with Crippen LogP contribution in [0.3, 0.4) is 0 Å². The fourth-order valence-electron chi connectivity index (χ4n) is 2.60. The molecule has 0 fully saturated rings. The molecular weight excluding hydrogens is 357 g/mol. The Labute approximate surface area is 142 Å². The molecule has 1 N–H and O–H groups in total. The number of pyridine rings is 1. The van der Waals surface area contributed by atoms with E-state index in [-0.39, 0.29) is 16.8 Å². The lowest BCUT2D eigenvalue weighted by atomic mass is 10.1. The predicted octanol–water partition coefficient (Wildman–Crippen LogP) is 3.91. The van der Waals surface area contributed by atoms with Crippen molar-refractivity contribution < 1.29 is 13.2 Å². The molecular formula is C16H8ClF3N4O. The highest BCUT2D eigenvalue weighted by atomic mass is 35.5. The standard InChI is InChI=1S/C16H8ClF3N4O/c17-9-1-2-12-10(6-9)15(25)22-14-7-11(23-24(12)14)8-3-4-21-13(5-8)16(18,19)20/h1-7H,(H,22,25). The Morgan fingerprint density at radius 2 is 1.92 bits per heavy atom. The number of halogens is 4. The van der Waals surface area contributed by atoms with Crippen LogP contribution in [0.4, 0.5) is 13.2 Å². The van der Waals surface area contributed by atoms with Crippen LogP contribution in [-0.4, -0.2) is 19.6 Å². The molecule has 0 aliphatic heterocycles. The molecule has 0 unspecified atom stereocenters. The van der Waals surface area contributed by atoms with Crippen molar-refractivity contribution in [2.45, 2.75) is 6.18 Å². The van der Waals surface area contributed by atoms with Crippen molar-refractivity contribution >= 4 is 28.2 Å². The average Bonchev–Trinajstić information content (AvgIpc) is 2.98. The Balaban J connectivity index is 1.96. The van der Waals surface area contributed by atoms with Gasteiger partial charge in [-0.05, 0) is 30.3 Å². The van der Waals surface area contributed by atoms with Gasteiger partial charge in [0.1, 0.15) is 11.3 Å². The number of alkyl halides is 3. The Kier molecular flexibility index (Phi) is 3.33. The van der Waals surface area contributed by atoms with Crippen molar-refractivity contribution in [3.8, 4) is 11.3 Å². The zero-order chi connectivity index (χ0) is 17.8. The summed E-state index contributed by atoms with van der Waals surface area (Å²) in [6.07, 6.45) is -3.48. The van der Waals surface area contributed by atoms with Crippen molar-refractivity contribution in [1.29, 1.82) is 0 Å². The first-order chi connectivity index (χ1) is 11.8. The molecule has 4 rings (SSSR count). The highest BCUT2D eigenvalue weighted by molar-refractivity contribution is 6.31. The number of rotatable bonds is 1. The number of aromatic amines is 1. The molecule has 3 aromatic heterocycles. The molecule has 5 nitrogen and oxygen atoms in total. The van der Waals surface area contributed by atoms with Gasteiger partial charge in [0.2, 0.25) is 0 Å². The van der Waals surface area contributed by atoms with Crippen LogP contribution >= 0.6 is 11.6 Å². The Morgan fingerprint density at radius 3 is 2.68 bits per heavy atom. The molecule has 0 aliphatic rings. The van der Waals surface area contributed by atoms with Crippen LogP contribution in [0.2, 0.25) is 5.02 Å². The van der Waals surface area contributed by atoms with Crippen LogP contribution in [0.25, 0.3) is 27.8 Å². The zero-order valence-corrected chi connectivity index (χ0v) is 13.1. The van der Waals surface area contributed by atoms with Gasteiger partial charge in [-0.3, -0.25) is 9.78 Å². The molecule has 0 saturated heterocycles. The van der Waals surface area contributed by atoms with Crippen LogP contribution in [-0.2, 0) is 6.18 Å². The normalized spacial score (nSPS) is 12.2. The quantitative estimate of drug-likeness (QED) is 0.557. The van der Waals surface area contributed by atoms with Gasteiger partial charge in [-0.2, -0.15) is 18.3 Å². The minimum absolute atomic E-state index is 0.244. The minimum atomic E-state index is -4.55. The number of H-pyrrole nitrogens is 1. The number of nitrogens with zero attached hydrogens (tertiary/aromatic N) is 3. The number of hydrogen-bond acceptors (Lipinski definition) is 3. The van der Waals surface area contributed by atoms with Gasteiger partial charge in [-0.25, -0.2) is 4.52 Å². The zero-order valence-electron chi connectivity index (χ0n) is 12.3. The van der Waals surface area contributed by atoms with Gasteiger partial charge >= 0.3 is 6.18 Å². The van der Waals surface area contributed by atoms with E-state index >= 15 is 0 Å². The van der Waals surface area contributed by atoms with E-state index in [2.05, 4.69) is 15.1 Å². The molecule has 0 bridgehead atoms. The van der Waals surface area contributed by atoms with E-state index in [0.717, 1.165) is 12.3 Å². The molecule has 9 heteroatoms. The van der Waals surface area contributed by atoms with Crippen molar-refractivity contribution in [2.75, 3.05) is 0 Å². The summed E-state index contributed by atoms with van der Waals surface area (Å²) in [7, 11) is 0. The number of nitrogens with one attached hydrogen (secondary N) is 1. The number of aromatic nitrogens is 4. The summed E-state index contributed by atoms with van der Waals surface area (Å²) in [5.74, 6) is 0. The van der Waals surface area contributed by atoms with Crippen LogP contribution in [0.5, 0.6) is 0 Å². The van der Waals surface area contributed by atoms with Gasteiger partial charge in [0.15, 0.2) is 0 Å². The van der Waals surface area contributed by atoms with E-state index in [1.807, 2.05) is 0 Å². The van der Waals surface area contributed by atoms with E-state index in [0.29, 0.717) is 21.6 Å². The van der Waals surface area contributed by atoms with Gasteiger partial charge in [0.25, 0.3) is 5.56 Å². The van der Waals surface area contributed by atoms with Crippen LogP contribution in [0.1, 0.15) is 5.69 Å². The third-order valence-corrected chi connectivity index (χ3v) is 3.96. The fraction of sp³-hybridized carbons (Fsp3) is 0.0625. The number of benzene rings is 1. The Hall–Kier alpha value is -2.87. The van der Waals surface area contributed by atoms with Crippen LogP contribution in [0.15, 0.2) is 47.4 Å². The first-order valence-electron chi connectivity index (χ1n) is 7.08. The van der Waals surface area contributed by atoms with Gasteiger partial charge in [0, 0.05) is 22.8 Å². The molecule has 0 spiro atoms. The summed E-state index contributed by atoms with van der Waals surface area (Å²) in [5.41, 5.74) is 0.0223. The molecule has 126 valence electrons. The number of fused-ring (bicyclic) bond motifs is 3. The highest BCUT2D eigenvalue weighted by Gasteiger charge is 2.32. The Morgan fingerprint density at radius 1 is 1.12 bits per heavy atom. The lowest BCUT2D eigenvalue weighted by molar-refractivity contribution is -0.141. The van der Waals surface area contributed by atoms with Crippen molar-refractivity contribution in [3.05, 3.63) is 63.7 Å². The maximum absolute atomic E-state index is 12.8. The molecule has 0 aliphatic carbocycles. The highest BCUT2D eigenvalue weighted by Crippen LogP contribution is 2.30. The van der Waals surface area contributed by atoms with E-state index in [4.69, 9.17) is 11.6 Å². The maximum Gasteiger partial charge on any atom is 0.433 e. The van der Waals surface area contributed by atoms with Gasteiger partial charge in [-0.15, -0.1) is 0 Å². The van der Waals surface area contributed by atoms with Gasteiger partial charge in [0.05, 0.1) is 16.6 Å². The monoisotopic (exact) mass is 364 g/mol. The summed E-state index contributed by atoms with van der Waals surface area (Å²) in [6.45, 7) is 0. The molecule has 0 amide bonds. The molecule has 1 aromatic carbocycles. The van der Waals surface area contributed by atoms with Crippen LogP contribution < -0.4 is 5.56 Å². The lowest BCUT2D eigenvalue weighted by Crippen LogP contribution is -2.09. The topological polar surface area (TPSA) is 63.0 Å². The molecule has 0 saturated carbocycles. The summed E-state index contributed by atoms with van der Waals surface area (Å²) >= 11 is 5.91. The smallest absolute Gasteiger partial charge is 0.306 e. The SMILES string of the molecule is O=c1[nH]c2cc(-c3ccnc(C(F)(F)F)c3)nn2c2ccc(Cl)cc12. The maximum atomic E-state index is 12.8. The van der Waals surface area contributed by atoms with E-state index in [1.54, 1.807) is 12.1 Å².